The summed E-state index contributed by atoms with van der Waals surface area (Å²) in [5, 5.41) is 10.5. The van der Waals surface area contributed by atoms with Gasteiger partial charge in [-0.2, -0.15) is 5.26 Å². The Labute approximate surface area is 98.3 Å². The summed E-state index contributed by atoms with van der Waals surface area (Å²) in [6.07, 6.45) is 3.62. The van der Waals surface area contributed by atoms with E-state index in [2.05, 4.69) is 6.07 Å². The number of amides is 1. The molecule has 4 heteroatoms. The number of fused-ring (bicyclic) bond motifs is 2. The highest BCUT2D eigenvalue weighted by atomic mass is 32.1. The van der Waals surface area contributed by atoms with Gasteiger partial charge in [-0.25, -0.2) is 0 Å². The van der Waals surface area contributed by atoms with E-state index >= 15 is 0 Å². The first-order valence-corrected chi connectivity index (χ1v) is 6.45. The average Bonchev–Trinajstić information content (AvgIpc) is 3.03. The molecule has 2 heterocycles. The number of nitrogens with zero attached hydrogens (tertiary/aromatic N) is 2. The van der Waals surface area contributed by atoms with Gasteiger partial charge in [-0.05, 0) is 31.2 Å². The van der Waals surface area contributed by atoms with E-state index in [1.54, 1.807) is 11.4 Å². The third kappa shape index (κ3) is 1.43. The largest absolute Gasteiger partial charge is 0.335 e. The van der Waals surface area contributed by atoms with E-state index < -0.39 is 0 Å². The topological polar surface area (TPSA) is 44.1 Å². The van der Waals surface area contributed by atoms with Gasteiger partial charge >= 0.3 is 0 Å². The quantitative estimate of drug-likeness (QED) is 0.745. The van der Waals surface area contributed by atoms with Crippen LogP contribution in [0.3, 0.4) is 0 Å². The first-order chi connectivity index (χ1) is 7.78. The van der Waals surface area contributed by atoms with Gasteiger partial charge in [-0.15, -0.1) is 11.3 Å². The predicted octanol–water partition coefficient (Wildman–Crippen LogP) is 2.24. The Morgan fingerprint density at radius 2 is 2.44 bits per heavy atom. The molecule has 1 aromatic heterocycles. The number of piperidine rings is 1. The van der Waals surface area contributed by atoms with Crippen LogP contribution in [0.25, 0.3) is 0 Å². The third-order valence-electron chi connectivity index (χ3n) is 3.61. The van der Waals surface area contributed by atoms with Crippen molar-refractivity contribution < 1.29 is 4.79 Å². The van der Waals surface area contributed by atoms with Crippen LogP contribution < -0.4 is 0 Å². The first kappa shape index (κ1) is 9.86. The van der Waals surface area contributed by atoms with Crippen LogP contribution in [0.15, 0.2) is 11.4 Å². The average molecular weight is 232 g/mol. The van der Waals surface area contributed by atoms with Gasteiger partial charge in [0.2, 0.25) is 0 Å². The maximum atomic E-state index is 12.2. The highest BCUT2D eigenvalue weighted by Gasteiger charge is 2.40. The van der Waals surface area contributed by atoms with Gasteiger partial charge in [0.05, 0.1) is 10.4 Å². The van der Waals surface area contributed by atoms with E-state index in [0.29, 0.717) is 16.5 Å². The molecule has 1 saturated carbocycles. The molecule has 16 heavy (non-hydrogen) atoms. The lowest BCUT2D eigenvalue weighted by atomic mass is 10.1. The Morgan fingerprint density at radius 1 is 1.56 bits per heavy atom. The number of thiophene rings is 1. The normalized spacial score (nSPS) is 27.1. The van der Waals surface area contributed by atoms with Crippen molar-refractivity contribution in [2.45, 2.75) is 25.3 Å². The number of carbonyl (C=O) groups excluding carboxylic acids is 1. The van der Waals surface area contributed by atoms with Crippen molar-refractivity contribution in [2.75, 3.05) is 6.54 Å². The van der Waals surface area contributed by atoms with Crippen LogP contribution in [-0.2, 0) is 0 Å². The van der Waals surface area contributed by atoms with Crippen molar-refractivity contribution in [3.8, 4) is 6.07 Å². The number of carbonyl (C=O) groups is 1. The molecular weight excluding hydrogens is 220 g/mol. The fourth-order valence-corrected chi connectivity index (χ4v) is 3.61. The molecule has 2 bridgehead atoms. The smallest absolute Gasteiger partial charge is 0.264 e. The van der Waals surface area contributed by atoms with Crippen molar-refractivity contribution in [1.82, 2.24) is 4.90 Å². The second kappa shape index (κ2) is 3.60. The molecule has 1 aliphatic carbocycles. The summed E-state index contributed by atoms with van der Waals surface area (Å²) in [6, 6.07) is 4.24. The van der Waals surface area contributed by atoms with Crippen LogP contribution in [0.2, 0.25) is 0 Å². The second-order valence-corrected chi connectivity index (χ2v) is 5.51. The molecule has 2 unspecified atom stereocenters. The molecule has 2 fully saturated rings. The minimum Gasteiger partial charge on any atom is -0.335 e. The molecule has 1 aromatic rings. The zero-order valence-electron chi connectivity index (χ0n) is 8.85. The molecule has 0 N–H and O–H groups in total. The van der Waals surface area contributed by atoms with Crippen LogP contribution >= 0.6 is 11.3 Å². The van der Waals surface area contributed by atoms with Crippen molar-refractivity contribution in [3.05, 3.63) is 21.9 Å². The van der Waals surface area contributed by atoms with E-state index in [0.717, 1.165) is 18.9 Å². The molecule has 3 nitrogen and oxygen atoms in total. The van der Waals surface area contributed by atoms with Crippen molar-refractivity contribution in [1.29, 1.82) is 5.26 Å². The van der Waals surface area contributed by atoms with Crippen LogP contribution in [0, 0.1) is 17.2 Å². The number of hydrogen-bond acceptors (Lipinski definition) is 3. The fourth-order valence-electron chi connectivity index (χ4n) is 2.82. The van der Waals surface area contributed by atoms with Gasteiger partial charge in [0.1, 0.15) is 6.07 Å². The summed E-state index contributed by atoms with van der Waals surface area (Å²) in [4.78, 5) is 14.9. The maximum Gasteiger partial charge on any atom is 0.264 e. The third-order valence-corrected chi connectivity index (χ3v) is 4.53. The molecule has 1 amide bonds. The zero-order chi connectivity index (χ0) is 11.1. The summed E-state index contributed by atoms with van der Waals surface area (Å²) < 4.78 is 0. The molecule has 2 atom stereocenters. The van der Waals surface area contributed by atoms with Crippen molar-refractivity contribution in [2.24, 2.45) is 5.92 Å². The van der Waals surface area contributed by atoms with Crippen LogP contribution in [0.4, 0.5) is 0 Å². The highest BCUT2D eigenvalue weighted by Crippen LogP contribution is 2.38. The summed E-state index contributed by atoms with van der Waals surface area (Å²) >= 11 is 1.38. The van der Waals surface area contributed by atoms with Gasteiger partial charge in [-0.3, -0.25) is 4.79 Å². The SMILES string of the molecule is N#Cc1csc(C(=O)N2CC3CCC2C3)c1. The lowest BCUT2D eigenvalue weighted by molar-refractivity contribution is 0.0708. The molecule has 3 rings (SSSR count). The van der Waals surface area contributed by atoms with E-state index in [1.165, 1.54) is 24.2 Å². The second-order valence-electron chi connectivity index (χ2n) is 4.60. The van der Waals surface area contributed by atoms with Crippen molar-refractivity contribution >= 4 is 17.2 Å². The van der Waals surface area contributed by atoms with E-state index in [4.69, 9.17) is 5.26 Å². The Bertz CT molecular complexity index is 474. The molecular formula is C12H12N2OS. The summed E-state index contributed by atoms with van der Waals surface area (Å²) in [5.74, 6) is 0.850. The van der Waals surface area contributed by atoms with Crippen LogP contribution in [0.1, 0.15) is 34.5 Å². The molecule has 1 aliphatic heterocycles. The highest BCUT2D eigenvalue weighted by molar-refractivity contribution is 7.12. The lowest BCUT2D eigenvalue weighted by Crippen LogP contribution is -2.37. The molecule has 1 saturated heterocycles. The Hall–Kier alpha value is -1.34. The molecule has 2 aliphatic rings. The molecule has 0 radical (unpaired) electrons. The van der Waals surface area contributed by atoms with Gasteiger partial charge in [-0.1, -0.05) is 0 Å². The number of nitriles is 1. The molecule has 0 aromatic carbocycles. The minimum atomic E-state index is 0.124. The predicted molar refractivity (Wildman–Crippen MR) is 61.2 cm³/mol. The standard InChI is InChI=1S/C12H12N2OS/c13-5-9-4-11(16-7-9)12(15)14-6-8-1-2-10(14)3-8/h4,7-8,10H,1-3,6H2. The summed E-state index contributed by atoms with van der Waals surface area (Å²) in [5.41, 5.74) is 0.595. The van der Waals surface area contributed by atoms with Gasteiger partial charge in [0.15, 0.2) is 0 Å². The molecule has 0 spiro atoms. The van der Waals surface area contributed by atoms with Gasteiger partial charge < -0.3 is 4.90 Å². The number of likely N-dealkylation sites (tertiary alicyclic amines) is 1. The van der Waals surface area contributed by atoms with Gasteiger partial charge in [0, 0.05) is 18.0 Å². The number of rotatable bonds is 1. The fraction of sp³-hybridized carbons (Fsp3) is 0.500. The van der Waals surface area contributed by atoms with E-state index in [9.17, 15) is 4.79 Å². The Morgan fingerprint density at radius 3 is 3.00 bits per heavy atom. The minimum absolute atomic E-state index is 0.124. The molecule has 82 valence electrons. The van der Waals surface area contributed by atoms with Gasteiger partial charge in [0.25, 0.3) is 5.91 Å². The maximum absolute atomic E-state index is 12.2. The van der Waals surface area contributed by atoms with E-state index in [-0.39, 0.29) is 5.91 Å². The first-order valence-electron chi connectivity index (χ1n) is 5.57. The van der Waals surface area contributed by atoms with Crippen LogP contribution in [0.5, 0.6) is 0 Å². The summed E-state index contributed by atoms with van der Waals surface area (Å²) in [6.45, 7) is 0.920. The monoisotopic (exact) mass is 232 g/mol. The Balaban J connectivity index is 1.81. The summed E-state index contributed by atoms with van der Waals surface area (Å²) in [7, 11) is 0. The van der Waals surface area contributed by atoms with Crippen LogP contribution in [-0.4, -0.2) is 23.4 Å². The number of hydrogen-bond donors (Lipinski definition) is 0. The zero-order valence-corrected chi connectivity index (χ0v) is 9.67. The Kier molecular flexibility index (Phi) is 2.22. The lowest BCUT2D eigenvalue weighted by Gasteiger charge is -2.26. The van der Waals surface area contributed by atoms with Crippen molar-refractivity contribution in [3.63, 3.8) is 0 Å². The van der Waals surface area contributed by atoms with E-state index in [1.807, 2.05) is 4.90 Å².